The molecule has 0 bridgehead atoms. The van der Waals surface area contributed by atoms with E-state index in [0.29, 0.717) is 18.9 Å². The standard InChI is InChI=1S/C16H27N3O/c1-7-15(17-6)16(8-12(2)3)19(13(4)5)11-20-14-9-18-10-14/h7-8,13-14,18H,2,6,9-11H2,1,3-5H3/b15-7+,16-8+. The second kappa shape index (κ2) is 8.02. The number of rotatable bonds is 8. The van der Waals surface area contributed by atoms with Crippen LogP contribution in [0, 0.1) is 0 Å². The molecule has 20 heavy (non-hydrogen) atoms. The largest absolute Gasteiger partial charge is 0.355 e. The zero-order chi connectivity index (χ0) is 15.1. The molecule has 1 fully saturated rings. The fourth-order valence-corrected chi connectivity index (χ4v) is 1.92. The van der Waals surface area contributed by atoms with Crippen LogP contribution in [-0.2, 0) is 4.74 Å². The van der Waals surface area contributed by atoms with Crippen molar-refractivity contribution in [2.24, 2.45) is 4.99 Å². The third-order valence-electron chi connectivity index (χ3n) is 3.22. The van der Waals surface area contributed by atoms with E-state index < -0.39 is 0 Å². The number of hydrogen-bond donors (Lipinski definition) is 1. The Balaban J connectivity index is 2.91. The summed E-state index contributed by atoms with van der Waals surface area (Å²) in [6.07, 6.45) is 4.31. The van der Waals surface area contributed by atoms with Gasteiger partial charge in [-0.15, -0.1) is 0 Å². The summed E-state index contributed by atoms with van der Waals surface area (Å²) in [6.45, 7) is 18.3. The average molecular weight is 277 g/mol. The van der Waals surface area contributed by atoms with E-state index >= 15 is 0 Å². The van der Waals surface area contributed by atoms with Gasteiger partial charge in [-0.3, -0.25) is 4.99 Å². The summed E-state index contributed by atoms with van der Waals surface area (Å²) < 4.78 is 5.91. The number of ether oxygens (including phenoxy) is 1. The van der Waals surface area contributed by atoms with Crippen LogP contribution < -0.4 is 5.32 Å². The average Bonchev–Trinajstić information content (AvgIpc) is 2.32. The van der Waals surface area contributed by atoms with Crippen LogP contribution in [0.25, 0.3) is 0 Å². The Morgan fingerprint density at radius 1 is 1.50 bits per heavy atom. The fourth-order valence-electron chi connectivity index (χ4n) is 1.92. The molecule has 0 saturated carbocycles. The number of allylic oxidation sites excluding steroid dienone is 3. The highest BCUT2D eigenvalue weighted by atomic mass is 16.5. The van der Waals surface area contributed by atoms with Crippen molar-refractivity contribution in [1.82, 2.24) is 10.2 Å². The van der Waals surface area contributed by atoms with Crippen LogP contribution >= 0.6 is 0 Å². The van der Waals surface area contributed by atoms with Gasteiger partial charge in [-0.25, -0.2) is 0 Å². The Morgan fingerprint density at radius 2 is 2.15 bits per heavy atom. The van der Waals surface area contributed by atoms with Gasteiger partial charge >= 0.3 is 0 Å². The van der Waals surface area contributed by atoms with Gasteiger partial charge in [0.05, 0.1) is 17.5 Å². The van der Waals surface area contributed by atoms with Gasteiger partial charge in [-0.05, 0) is 40.5 Å². The van der Waals surface area contributed by atoms with E-state index in [-0.39, 0.29) is 0 Å². The summed E-state index contributed by atoms with van der Waals surface area (Å²) in [5, 5.41) is 3.21. The van der Waals surface area contributed by atoms with Gasteiger partial charge in [0.2, 0.25) is 0 Å². The van der Waals surface area contributed by atoms with E-state index in [9.17, 15) is 0 Å². The molecule has 0 aliphatic carbocycles. The smallest absolute Gasteiger partial charge is 0.119 e. The lowest BCUT2D eigenvalue weighted by atomic mass is 10.1. The summed E-state index contributed by atoms with van der Waals surface area (Å²) in [5.41, 5.74) is 2.85. The lowest BCUT2D eigenvalue weighted by Crippen LogP contribution is -2.50. The fraction of sp³-hybridized carbons (Fsp3) is 0.562. The molecule has 0 aromatic carbocycles. The molecule has 0 amide bonds. The molecule has 0 unspecified atom stereocenters. The normalized spacial score (nSPS) is 17.1. The van der Waals surface area contributed by atoms with Gasteiger partial charge in [-0.2, -0.15) is 0 Å². The van der Waals surface area contributed by atoms with Crippen LogP contribution in [0.15, 0.2) is 40.7 Å². The zero-order valence-electron chi connectivity index (χ0n) is 13.1. The van der Waals surface area contributed by atoms with E-state index in [1.165, 1.54) is 0 Å². The lowest BCUT2D eigenvalue weighted by Gasteiger charge is -2.35. The van der Waals surface area contributed by atoms with Crippen molar-refractivity contribution >= 4 is 6.72 Å². The Hall–Kier alpha value is -1.39. The van der Waals surface area contributed by atoms with E-state index in [4.69, 9.17) is 4.74 Å². The molecular weight excluding hydrogens is 250 g/mol. The molecule has 4 nitrogen and oxygen atoms in total. The number of nitrogens with one attached hydrogen (secondary N) is 1. The number of hydrogen-bond acceptors (Lipinski definition) is 4. The summed E-state index contributed by atoms with van der Waals surface area (Å²) in [5.74, 6) is 0. The molecular formula is C16H27N3O. The second-order valence-corrected chi connectivity index (χ2v) is 5.35. The Labute approximate surface area is 122 Å². The minimum atomic E-state index is 0.310. The maximum absolute atomic E-state index is 5.91. The Bertz CT molecular complexity index is 406. The Morgan fingerprint density at radius 3 is 2.50 bits per heavy atom. The molecule has 1 aliphatic rings. The summed E-state index contributed by atoms with van der Waals surface area (Å²) in [6, 6.07) is 0.310. The third kappa shape index (κ3) is 4.62. The summed E-state index contributed by atoms with van der Waals surface area (Å²) in [7, 11) is 0. The molecule has 0 atom stereocenters. The van der Waals surface area contributed by atoms with E-state index in [0.717, 1.165) is 30.1 Å². The number of nitrogens with zero attached hydrogens (tertiary/aromatic N) is 2. The van der Waals surface area contributed by atoms with E-state index in [1.807, 2.05) is 26.0 Å². The zero-order valence-corrected chi connectivity index (χ0v) is 13.1. The van der Waals surface area contributed by atoms with Gasteiger partial charge < -0.3 is 15.0 Å². The van der Waals surface area contributed by atoms with E-state index in [1.54, 1.807) is 0 Å². The highest BCUT2D eigenvalue weighted by Gasteiger charge is 2.21. The minimum absolute atomic E-state index is 0.310. The van der Waals surface area contributed by atoms with Crippen LogP contribution in [0.4, 0.5) is 0 Å². The lowest BCUT2D eigenvalue weighted by molar-refractivity contribution is -0.0401. The molecule has 0 radical (unpaired) electrons. The van der Waals surface area contributed by atoms with Gasteiger partial charge in [-0.1, -0.05) is 18.2 Å². The monoisotopic (exact) mass is 277 g/mol. The van der Waals surface area contributed by atoms with Crippen molar-refractivity contribution in [2.45, 2.75) is 39.8 Å². The quantitative estimate of drug-likeness (QED) is 0.421. The molecule has 112 valence electrons. The van der Waals surface area contributed by atoms with Crippen LogP contribution in [0.1, 0.15) is 27.7 Å². The molecule has 1 saturated heterocycles. The van der Waals surface area contributed by atoms with Crippen LogP contribution in [0.5, 0.6) is 0 Å². The summed E-state index contributed by atoms with van der Waals surface area (Å²) in [4.78, 5) is 6.31. The molecule has 1 aliphatic heterocycles. The predicted molar refractivity (Wildman–Crippen MR) is 85.8 cm³/mol. The molecule has 0 aromatic heterocycles. The molecule has 1 heterocycles. The van der Waals surface area contributed by atoms with Crippen molar-refractivity contribution in [2.75, 3.05) is 19.8 Å². The van der Waals surface area contributed by atoms with Crippen molar-refractivity contribution in [3.63, 3.8) is 0 Å². The summed E-state index contributed by atoms with van der Waals surface area (Å²) >= 11 is 0. The molecule has 1 N–H and O–H groups in total. The molecule has 1 rings (SSSR count). The van der Waals surface area contributed by atoms with Gasteiger partial charge in [0.15, 0.2) is 0 Å². The predicted octanol–water partition coefficient (Wildman–Crippen LogP) is 2.71. The molecule has 0 aromatic rings. The maximum Gasteiger partial charge on any atom is 0.119 e. The molecule has 0 spiro atoms. The van der Waals surface area contributed by atoms with Crippen LogP contribution in [0.3, 0.4) is 0 Å². The van der Waals surface area contributed by atoms with Crippen molar-refractivity contribution in [1.29, 1.82) is 0 Å². The first-order valence-electron chi connectivity index (χ1n) is 7.09. The first kappa shape index (κ1) is 16.7. The minimum Gasteiger partial charge on any atom is -0.355 e. The third-order valence-corrected chi connectivity index (χ3v) is 3.22. The van der Waals surface area contributed by atoms with Crippen LogP contribution in [-0.4, -0.2) is 43.6 Å². The van der Waals surface area contributed by atoms with Crippen molar-refractivity contribution in [3.05, 3.63) is 35.7 Å². The van der Waals surface area contributed by atoms with Crippen molar-refractivity contribution < 1.29 is 4.74 Å². The highest BCUT2D eigenvalue weighted by molar-refractivity contribution is 5.40. The SMILES string of the molecule is C=NC(=C/C)/C(=C\C(=C)C)N(COC1CNC1)C(C)C. The van der Waals surface area contributed by atoms with E-state index in [2.05, 4.69) is 42.4 Å². The van der Waals surface area contributed by atoms with Crippen molar-refractivity contribution in [3.8, 4) is 0 Å². The first-order valence-corrected chi connectivity index (χ1v) is 7.09. The number of aliphatic imine (C=N–C) groups is 1. The van der Waals surface area contributed by atoms with Gasteiger partial charge in [0, 0.05) is 19.1 Å². The highest BCUT2D eigenvalue weighted by Crippen LogP contribution is 2.21. The first-order chi connectivity index (χ1) is 9.49. The Kier molecular flexibility index (Phi) is 6.68. The topological polar surface area (TPSA) is 36.9 Å². The molecule has 4 heteroatoms. The van der Waals surface area contributed by atoms with Gasteiger partial charge in [0.25, 0.3) is 0 Å². The van der Waals surface area contributed by atoms with Gasteiger partial charge in [0.1, 0.15) is 6.73 Å². The second-order valence-electron chi connectivity index (χ2n) is 5.35. The van der Waals surface area contributed by atoms with Crippen LogP contribution in [0.2, 0.25) is 0 Å². The maximum atomic E-state index is 5.91.